The molecule has 0 unspecified atom stereocenters. The summed E-state index contributed by atoms with van der Waals surface area (Å²) >= 11 is 6.21. The Balaban J connectivity index is 1.38. The van der Waals surface area contributed by atoms with Gasteiger partial charge in [0.15, 0.2) is 0 Å². The van der Waals surface area contributed by atoms with E-state index in [9.17, 15) is 14.4 Å². The Morgan fingerprint density at radius 3 is 2.29 bits per heavy atom. The average molecular weight is 468 g/mol. The van der Waals surface area contributed by atoms with Crippen LogP contribution in [0.2, 0.25) is 0 Å². The normalized spacial score (nSPS) is 13.5. The smallest absolute Gasteiger partial charge is 0.283 e. The summed E-state index contributed by atoms with van der Waals surface area (Å²) in [5.41, 5.74) is 1.92. The number of carbonyl (C=O) groups excluding carboxylic acids is 3. The van der Waals surface area contributed by atoms with E-state index in [0.29, 0.717) is 22.6 Å². The number of amides is 3. The minimum Gasteiger partial charge on any atom is -0.350 e. The molecule has 4 aromatic carbocycles. The van der Waals surface area contributed by atoms with Gasteiger partial charge in [-0.25, -0.2) is 4.90 Å². The topological polar surface area (TPSA) is 78.5 Å². The van der Waals surface area contributed by atoms with E-state index >= 15 is 0 Å². The van der Waals surface area contributed by atoms with Crippen LogP contribution in [0.25, 0.3) is 10.8 Å². The summed E-state index contributed by atoms with van der Waals surface area (Å²) in [4.78, 5) is 39.5. The molecule has 6 nitrogen and oxygen atoms in total. The molecule has 5 rings (SSSR count). The van der Waals surface area contributed by atoms with Crippen molar-refractivity contribution in [2.24, 2.45) is 0 Å². The molecule has 2 N–H and O–H groups in total. The molecule has 34 heavy (non-hydrogen) atoms. The van der Waals surface area contributed by atoms with Crippen LogP contribution in [0, 0.1) is 0 Å². The van der Waals surface area contributed by atoms with Crippen molar-refractivity contribution in [2.45, 2.75) is 0 Å². The second kappa shape index (κ2) is 8.84. The number of imide groups is 1. The summed E-state index contributed by atoms with van der Waals surface area (Å²) in [5, 5.41) is 7.60. The maximum absolute atomic E-state index is 13.0. The van der Waals surface area contributed by atoms with Crippen LogP contribution in [0.5, 0.6) is 0 Å². The van der Waals surface area contributed by atoms with Gasteiger partial charge in [-0.05, 0) is 41.8 Å². The predicted octanol–water partition coefficient (Wildman–Crippen LogP) is 5.53. The van der Waals surface area contributed by atoms with E-state index in [0.717, 1.165) is 15.7 Å². The highest BCUT2D eigenvalue weighted by Crippen LogP contribution is 2.30. The molecular formula is C27H18ClN3O3. The van der Waals surface area contributed by atoms with Gasteiger partial charge < -0.3 is 10.6 Å². The number of halogens is 1. The lowest BCUT2D eigenvalue weighted by Crippen LogP contribution is -2.32. The van der Waals surface area contributed by atoms with E-state index in [-0.39, 0.29) is 16.6 Å². The fraction of sp³-hybridized carbons (Fsp3) is 0. The molecule has 0 radical (unpaired) electrons. The van der Waals surface area contributed by atoms with Crippen LogP contribution in [0.3, 0.4) is 0 Å². The summed E-state index contributed by atoms with van der Waals surface area (Å²) in [5.74, 6) is -1.48. The zero-order valence-corrected chi connectivity index (χ0v) is 18.5. The molecule has 7 heteroatoms. The maximum atomic E-state index is 13.0. The first-order valence-corrected chi connectivity index (χ1v) is 10.9. The summed E-state index contributed by atoms with van der Waals surface area (Å²) in [6, 6.07) is 28.7. The average Bonchev–Trinajstić information content (AvgIpc) is 3.08. The van der Waals surface area contributed by atoms with Gasteiger partial charge in [-0.1, -0.05) is 72.3 Å². The lowest BCUT2D eigenvalue weighted by Gasteiger charge is -2.15. The Labute approximate surface area is 200 Å². The minimum absolute atomic E-state index is 0.0397. The Kier molecular flexibility index (Phi) is 5.57. The molecule has 0 bridgehead atoms. The van der Waals surface area contributed by atoms with Gasteiger partial charge >= 0.3 is 0 Å². The van der Waals surface area contributed by atoms with Crippen molar-refractivity contribution in [1.29, 1.82) is 0 Å². The molecule has 0 atom stereocenters. The number of carbonyl (C=O) groups is 3. The first kappa shape index (κ1) is 21.4. The largest absolute Gasteiger partial charge is 0.350 e. The van der Waals surface area contributed by atoms with E-state index in [1.807, 2.05) is 42.5 Å². The maximum Gasteiger partial charge on any atom is 0.283 e. The predicted molar refractivity (Wildman–Crippen MR) is 134 cm³/mol. The van der Waals surface area contributed by atoms with Crippen molar-refractivity contribution in [1.82, 2.24) is 0 Å². The Morgan fingerprint density at radius 2 is 1.47 bits per heavy atom. The highest BCUT2D eigenvalue weighted by atomic mass is 35.5. The van der Waals surface area contributed by atoms with Crippen molar-refractivity contribution >= 4 is 57.2 Å². The number of hydrogen-bond acceptors (Lipinski definition) is 4. The van der Waals surface area contributed by atoms with Gasteiger partial charge in [0, 0.05) is 22.3 Å². The molecule has 1 aliphatic heterocycles. The van der Waals surface area contributed by atoms with E-state index in [1.54, 1.807) is 54.6 Å². The number of benzene rings is 4. The molecule has 1 aliphatic rings. The van der Waals surface area contributed by atoms with Crippen molar-refractivity contribution in [2.75, 3.05) is 15.5 Å². The molecule has 3 amide bonds. The van der Waals surface area contributed by atoms with E-state index in [2.05, 4.69) is 10.6 Å². The molecule has 0 aliphatic carbocycles. The Hall–Kier alpha value is -4.42. The molecular weight excluding hydrogens is 450 g/mol. The highest BCUT2D eigenvalue weighted by molar-refractivity contribution is 6.53. The van der Waals surface area contributed by atoms with Crippen LogP contribution >= 0.6 is 11.6 Å². The van der Waals surface area contributed by atoms with Gasteiger partial charge in [-0.15, -0.1) is 0 Å². The van der Waals surface area contributed by atoms with Crippen molar-refractivity contribution < 1.29 is 14.4 Å². The third-order valence-electron chi connectivity index (χ3n) is 5.47. The Bertz CT molecular complexity index is 1480. The minimum atomic E-state index is -0.606. The number of hydrogen-bond donors (Lipinski definition) is 2. The van der Waals surface area contributed by atoms with Crippen LogP contribution in [-0.2, 0) is 9.59 Å². The second-order valence-electron chi connectivity index (χ2n) is 7.66. The van der Waals surface area contributed by atoms with Crippen LogP contribution < -0.4 is 15.5 Å². The molecule has 0 aromatic heterocycles. The number of nitrogens with zero attached hydrogens (tertiary/aromatic N) is 1. The molecule has 4 aromatic rings. The molecule has 0 saturated heterocycles. The number of fused-ring (bicyclic) bond motifs is 1. The number of anilines is 3. The summed E-state index contributed by atoms with van der Waals surface area (Å²) in [7, 11) is 0. The van der Waals surface area contributed by atoms with Crippen molar-refractivity contribution in [3.63, 3.8) is 0 Å². The lowest BCUT2D eigenvalue weighted by atomic mass is 10.1. The number of nitrogens with one attached hydrogen (secondary N) is 2. The quantitative estimate of drug-likeness (QED) is 0.378. The molecule has 166 valence electrons. The van der Waals surface area contributed by atoms with Gasteiger partial charge in [-0.3, -0.25) is 14.4 Å². The van der Waals surface area contributed by atoms with Gasteiger partial charge in [0.1, 0.15) is 10.7 Å². The highest BCUT2D eigenvalue weighted by Gasteiger charge is 2.38. The second-order valence-corrected chi connectivity index (χ2v) is 8.03. The third-order valence-corrected chi connectivity index (χ3v) is 5.82. The molecule has 0 fully saturated rings. The molecule has 0 spiro atoms. The number of para-hydroxylation sites is 1. The fourth-order valence-electron chi connectivity index (χ4n) is 3.83. The van der Waals surface area contributed by atoms with Gasteiger partial charge in [0.05, 0.1) is 5.69 Å². The standard InChI is InChI=1S/C27H18ClN3O3/c28-23-24(27(34)31(26(23)33)20-12-2-1-3-13-20)29-19-11-6-10-18(16-19)25(32)30-22-15-7-9-17-8-4-5-14-21(17)22/h1-16,29H,(H,30,32). The molecule has 1 heterocycles. The van der Waals surface area contributed by atoms with Crippen LogP contribution in [0.15, 0.2) is 108 Å². The van der Waals surface area contributed by atoms with Crippen molar-refractivity contribution in [3.8, 4) is 0 Å². The van der Waals surface area contributed by atoms with E-state index in [1.165, 1.54) is 0 Å². The van der Waals surface area contributed by atoms with Crippen LogP contribution in [-0.4, -0.2) is 17.7 Å². The lowest BCUT2D eigenvalue weighted by molar-refractivity contribution is -0.120. The zero-order chi connectivity index (χ0) is 23.7. The summed E-state index contributed by atoms with van der Waals surface area (Å²) < 4.78 is 0. The van der Waals surface area contributed by atoms with Gasteiger partial charge in [-0.2, -0.15) is 0 Å². The SMILES string of the molecule is O=C(Nc1cccc2ccccc12)c1cccc(NC2=C(Cl)C(=O)N(c3ccccc3)C2=O)c1. The monoisotopic (exact) mass is 467 g/mol. The summed E-state index contributed by atoms with van der Waals surface area (Å²) in [6.07, 6.45) is 0. The zero-order valence-electron chi connectivity index (χ0n) is 17.8. The Morgan fingerprint density at radius 1 is 0.765 bits per heavy atom. The summed E-state index contributed by atoms with van der Waals surface area (Å²) in [6.45, 7) is 0. The first-order chi connectivity index (χ1) is 16.5. The number of rotatable bonds is 5. The van der Waals surface area contributed by atoms with Gasteiger partial charge in [0.25, 0.3) is 17.7 Å². The molecule has 0 saturated carbocycles. The van der Waals surface area contributed by atoms with Gasteiger partial charge in [0.2, 0.25) is 0 Å². The van der Waals surface area contributed by atoms with Crippen LogP contribution in [0.1, 0.15) is 10.4 Å². The van der Waals surface area contributed by atoms with Crippen LogP contribution in [0.4, 0.5) is 17.1 Å². The third kappa shape index (κ3) is 3.91. The first-order valence-electron chi connectivity index (χ1n) is 10.5. The van der Waals surface area contributed by atoms with E-state index < -0.39 is 11.8 Å². The fourth-order valence-corrected chi connectivity index (χ4v) is 4.05. The van der Waals surface area contributed by atoms with Crippen molar-refractivity contribution in [3.05, 3.63) is 113 Å². The van der Waals surface area contributed by atoms with E-state index in [4.69, 9.17) is 11.6 Å².